The predicted octanol–water partition coefficient (Wildman–Crippen LogP) is 3.63. The van der Waals surface area contributed by atoms with Gasteiger partial charge in [0.15, 0.2) is 9.84 Å². The number of amides is 2. The van der Waals surface area contributed by atoms with Gasteiger partial charge in [0.1, 0.15) is 20.1 Å². The van der Waals surface area contributed by atoms with Gasteiger partial charge in [0.2, 0.25) is 5.91 Å². The van der Waals surface area contributed by atoms with Crippen LogP contribution in [-0.2, 0) is 14.6 Å². The van der Waals surface area contributed by atoms with Crippen molar-refractivity contribution in [2.75, 3.05) is 5.32 Å². The number of rotatable bonds is 8. The van der Waals surface area contributed by atoms with Gasteiger partial charge in [0.25, 0.3) is 5.91 Å². The number of nitrogens with zero attached hydrogens (tertiary/aromatic N) is 1. The minimum atomic E-state index is -3.99. The van der Waals surface area contributed by atoms with Gasteiger partial charge in [-0.25, -0.2) is 8.42 Å². The predicted molar refractivity (Wildman–Crippen MR) is 132 cm³/mol. The zero-order valence-corrected chi connectivity index (χ0v) is 20.5. The molecule has 2 amide bonds. The van der Waals surface area contributed by atoms with Crippen LogP contribution in [0.2, 0.25) is 0 Å². The Morgan fingerprint density at radius 2 is 1.88 bits per heavy atom. The number of primary amides is 1. The minimum Gasteiger partial charge on any atom is -0.381 e. The maximum Gasteiger partial charge on any atom is 0.256 e. The van der Waals surface area contributed by atoms with Crippen LogP contribution in [0, 0.1) is 6.92 Å². The summed E-state index contributed by atoms with van der Waals surface area (Å²) in [4.78, 5) is 28.7. The Bertz CT molecular complexity index is 1370. The topological polar surface area (TPSA) is 139 Å². The number of sulfone groups is 1. The summed E-state index contributed by atoms with van der Waals surface area (Å²) in [7, 11) is -3.99. The summed E-state index contributed by atoms with van der Waals surface area (Å²) in [5, 5.41) is 11.8. The molecule has 178 valence electrons. The Labute approximate surface area is 202 Å². The second kappa shape index (κ2) is 9.49. The smallest absolute Gasteiger partial charge is 0.256 e. The Balaban J connectivity index is 2.21. The number of benzene rings is 1. The lowest BCUT2D eigenvalue weighted by Crippen LogP contribution is -2.36. The number of carbonyl (C=O) groups excluding carboxylic acids is 2. The molecule has 3 rings (SSSR count). The van der Waals surface area contributed by atoms with E-state index in [4.69, 9.17) is 5.73 Å². The van der Waals surface area contributed by atoms with E-state index in [0.29, 0.717) is 22.4 Å². The molecule has 0 spiro atoms. The summed E-state index contributed by atoms with van der Waals surface area (Å²) in [5.41, 5.74) is 5.77. The Hall–Kier alpha value is -3.34. The van der Waals surface area contributed by atoms with Crippen molar-refractivity contribution in [3.63, 3.8) is 0 Å². The number of pyridine rings is 1. The highest BCUT2D eigenvalue weighted by atomic mass is 32.2. The molecule has 3 aromatic rings. The third-order valence-corrected chi connectivity index (χ3v) is 8.66. The largest absolute Gasteiger partial charge is 0.381 e. The first-order valence-electron chi connectivity index (χ1n) is 10.2. The molecular formula is C24H25N3O5S2. The van der Waals surface area contributed by atoms with Gasteiger partial charge in [0.05, 0.1) is 0 Å². The quantitative estimate of drug-likeness (QED) is 0.405. The summed E-state index contributed by atoms with van der Waals surface area (Å²) in [6.07, 6.45) is 2.85. The number of hydrogen-bond acceptors (Lipinski definition) is 7. The molecule has 1 unspecified atom stereocenters. The first kappa shape index (κ1) is 25.3. The first-order chi connectivity index (χ1) is 15.9. The molecule has 2 heterocycles. The van der Waals surface area contributed by atoms with Crippen molar-refractivity contribution in [2.45, 2.75) is 35.8 Å². The molecule has 10 heteroatoms. The van der Waals surface area contributed by atoms with Crippen molar-refractivity contribution in [3.05, 3.63) is 78.1 Å². The second-order valence-corrected chi connectivity index (χ2v) is 11.5. The van der Waals surface area contributed by atoms with Crippen molar-refractivity contribution >= 4 is 38.0 Å². The normalized spacial score (nSPS) is 12.7. The Morgan fingerprint density at radius 3 is 2.47 bits per heavy atom. The van der Waals surface area contributed by atoms with E-state index in [2.05, 4.69) is 16.9 Å². The average molecular weight is 500 g/mol. The van der Waals surface area contributed by atoms with E-state index < -0.39 is 32.5 Å². The number of thiophene rings is 1. The number of aryl methyl sites for hydroxylation is 1. The zero-order chi connectivity index (χ0) is 25.3. The number of nitrogens with two attached hydrogens (primary N) is 1. The molecule has 4 N–H and O–H groups in total. The van der Waals surface area contributed by atoms with Crippen molar-refractivity contribution in [1.82, 2.24) is 4.98 Å². The monoisotopic (exact) mass is 499 g/mol. The first-order valence-corrected chi connectivity index (χ1v) is 12.6. The maximum atomic E-state index is 13.6. The van der Waals surface area contributed by atoms with Gasteiger partial charge in [0, 0.05) is 23.0 Å². The molecule has 0 aliphatic heterocycles. The molecule has 34 heavy (non-hydrogen) atoms. The summed E-state index contributed by atoms with van der Waals surface area (Å²) in [6, 6.07) is 11.1. The summed E-state index contributed by atoms with van der Waals surface area (Å²) in [5.74, 6) is -1.44. The van der Waals surface area contributed by atoms with E-state index in [1.807, 2.05) is 0 Å². The lowest BCUT2D eigenvalue weighted by molar-refractivity contribution is -0.130. The van der Waals surface area contributed by atoms with Crippen LogP contribution in [0.5, 0.6) is 0 Å². The van der Waals surface area contributed by atoms with Crippen LogP contribution >= 0.6 is 11.3 Å². The van der Waals surface area contributed by atoms with E-state index in [1.165, 1.54) is 38.3 Å². The van der Waals surface area contributed by atoms with Gasteiger partial charge in [-0.2, -0.15) is 0 Å². The molecule has 0 bridgehead atoms. The fourth-order valence-corrected chi connectivity index (χ4v) is 6.42. The standard InChI is InChI=1S/C24H25N3O5S2/c1-5-19(15-10-11-26-14(2)12-15)34(31,32)20-13-18(16-8-6-7-9-17(16)21(25)28)22(33-20)27-23(29)24(3,4)30/h5-13,19,30H,1H2,2-4H3,(H2,25,28)(H,27,29). The number of nitrogens with one attached hydrogen (secondary N) is 1. The SMILES string of the molecule is C=CC(c1ccnc(C)c1)S(=O)(=O)c1cc(-c2ccccc2C(N)=O)c(NC(=O)C(C)(C)O)s1. The lowest BCUT2D eigenvalue weighted by atomic mass is 10.0. The molecule has 1 atom stereocenters. The van der Waals surface area contributed by atoms with Gasteiger partial charge in [-0.15, -0.1) is 17.9 Å². The number of hydrogen-bond donors (Lipinski definition) is 3. The maximum absolute atomic E-state index is 13.6. The van der Waals surface area contributed by atoms with Crippen LogP contribution in [0.4, 0.5) is 5.00 Å². The minimum absolute atomic E-state index is 0.0489. The van der Waals surface area contributed by atoms with Crippen molar-refractivity contribution in [1.29, 1.82) is 0 Å². The van der Waals surface area contributed by atoms with Crippen LogP contribution in [0.25, 0.3) is 11.1 Å². The summed E-state index contributed by atoms with van der Waals surface area (Å²) in [6.45, 7) is 8.08. The van der Waals surface area contributed by atoms with Gasteiger partial charge in [-0.05, 0) is 56.2 Å². The average Bonchev–Trinajstić information content (AvgIpc) is 3.18. The molecular weight excluding hydrogens is 474 g/mol. The van der Waals surface area contributed by atoms with Crippen molar-refractivity contribution < 1.29 is 23.1 Å². The highest BCUT2D eigenvalue weighted by Gasteiger charge is 2.32. The highest BCUT2D eigenvalue weighted by molar-refractivity contribution is 7.94. The van der Waals surface area contributed by atoms with Crippen molar-refractivity contribution in [3.8, 4) is 11.1 Å². The van der Waals surface area contributed by atoms with Crippen LogP contribution in [-0.4, -0.2) is 35.9 Å². The van der Waals surface area contributed by atoms with Gasteiger partial charge < -0.3 is 16.2 Å². The lowest BCUT2D eigenvalue weighted by Gasteiger charge is -2.17. The zero-order valence-electron chi connectivity index (χ0n) is 18.9. The summed E-state index contributed by atoms with van der Waals surface area (Å²) >= 11 is 0.822. The van der Waals surface area contributed by atoms with Gasteiger partial charge in [-0.1, -0.05) is 24.3 Å². The number of carbonyl (C=O) groups is 2. The number of anilines is 1. The molecule has 0 aliphatic rings. The molecule has 8 nitrogen and oxygen atoms in total. The van der Waals surface area contributed by atoms with Gasteiger partial charge >= 0.3 is 0 Å². The third-order valence-electron chi connectivity index (χ3n) is 5.05. The van der Waals surface area contributed by atoms with E-state index in [9.17, 15) is 23.1 Å². The number of aromatic nitrogens is 1. The summed E-state index contributed by atoms with van der Waals surface area (Å²) < 4.78 is 27.2. The molecule has 0 fully saturated rings. The van der Waals surface area contributed by atoms with Crippen LogP contribution in [0.15, 0.2) is 65.5 Å². The van der Waals surface area contributed by atoms with E-state index in [-0.39, 0.29) is 14.8 Å². The molecule has 0 saturated heterocycles. The fraction of sp³-hybridized carbons (Fsp3) is 0.208. The van der Waals surface area contributed by atoms with E-state index in [0.717, 1.165) is 11.3 Å². The molecule has 0 aliphatic carbocycles. The van der Waals surface area contributed by atoms with E-state index >= 15 is 0 Å². The fourth-order valence-electron chi connectivity index (χ4n) is 3.30. The molecule has 1 aromatic carbocycles. The number of aliphatic hydroxyl groups is 1. The molecule has 0 radical (unpaired) electrons. The van der Waals surface area contributed by atoms with Gasteiger partial charge in [-0.3, -0.25) is 14.6 Å². The Kier molecular flexibility index (Phi) is 7.06. The molecule has 2 aromatic heterocycles. The highest BCUT2D eigenvalue weighted by Crippen LogP contribution is 2.43. The molecule has 0 saturated carbocycles. The van der Waals surface area contributed by atoms with E-state index in [1.54, 1.807) is 37.3 Å². The van der Waals surface area contributed by atoms with Crippen LogP contribution < -0.4 is 11.1 Å². The Morgan fingerprint density at radius 1 is 1.21 bits per heavy atom. The third kappa shape index (κ3) is 5.09. The van der Waals surface area contributed by atoms with Crippen LogP contribution in [0.3, 0.4) is 0 Å². The van der Waals surface area contributed by atoms with Crippen LogP contribution in [0.1, 0.15) is 40.7 Å². The second-order valence-electron chi connectivity index (χ2n) is 8.16. The van der Waals surface area contributed by atoms with Crippen molar-refractivity contribution in [2.24, 2.45) is 5.73 Å².